The van der Waals surface area contributed by atoms with Crippen molar-refractivity contribution >= 4 is 5.97 Å². The standard InChI is InChI=1S/C14H26N2O2/c1-4-18-13(17)14(15-3,12-5-6-12)10-16-8-7-11(2)9-16/h11-12,15H,4-10H2,1-3H3. The van der Waals surface area contributed by atoms with Crippen LogP contribution >= 0.6 is 0 Å². The summed E-state index contributed by atoms with van der Waals surface area (Å²) in [5, 5.41) is 3.29. The van der Waals surface area contributed by atoms with E-state index in [0.29, 0.717) is 12.5 Å². The first kappa shape index (κ1) is 13.8. The van der Waals surface area contributed by atoms with Crippen molar-refractivity contribution < 1.29 is 9.53 Å². The molecule has 0 spiro atoms. The lowest BCUT2D eigenvalue weighted by molar-refractivity contribution is -0.153. The molecule has 4 nitrogen and oxygen atoms in total. The molecule has 1 N–H and O–H groups in total. The van der Waals surface area contributed by atoms with Gasteiger partial charge in [0.1, 0.15) is 5.54 Å². The topological polar surface area (TPSA) is 41.6 Å². The van der Waals surface area contributed by atoms with E-state index in [1.807, 2.05) is 14.0 Å². The van der Waals surface area contributed by atoms with E-state index in [-0.39, 0.29) is 5.97 Å². The number of nitrogens with zero attached hydrogens (tertiary/aromatic N) is 1. The van der Waals surface area contributed by atoms with Gasteiger partial charge in [-0.25, -0.2) is 4.79 Å². The van der Waals surface area contributed by atoms with Crippen LogP contribution in [0.1, 0.15) is 33.1 Å². The lowest BCUT2D eigenvalue weighted by Crippen LogP contribution is -2.60. The minimum atomic E-state index is -0.472. The molecule has 2 atom stereocenters. The summed E-state index contributed by atoms with van der Waals surface area (Å²) in [7, 11) is 1.90. The molecule has 4 heteroatoms. The molecular weight excluding hydrogens is 228 g/mol. The highest BCUT2D eigenvalue weighted by atomic mass is 16.5. The van der Waals surface area contributed by atoms with E-state index in [9.17, 15) is 4.79 Å². The van der Waals surface area contributed by atoms with Crippen LogP contribution in [0.25, 0.3) is 0 Å². The Hall–Kier alpha value is -0.610. The Morgan fingerprint density at radius 1 is 1.44 bits per heavy atom. The van der Waals surface area contributed by atoms with Gasteiger partial charge in [-0.2, -0.15) is 0 Å². The fourth-order valence-electron chi connectivity index (χ4n) is 3.10. The summed E-state index contributed by atoms with van der Waals surface area (Å²) >= 11 is 0. The maximum Gasteiger partial charge on any atom is 0.327 e. The van der Waals surface area contributed by atoms with Crippen molar-refractivity contribution in [3.05, 3.63) is 0 Å². The van der Waals surface area contributed by atoms with Crippen molar-refractivity contribution in [2.24, 2.45) is 11.8 Å². The fourth-order valence-corrected chi connectivity index (χ4v) is 3.10. The van der Waals surface area contributed by atoms with Gasteiger partial charge in [-0.3, -0.25) is 0 Å². The third kappa shape index (κ3) is 2.69. The second-order valence-electron chi connectivity index (χ2n) is 5.85. The van der Waals surface area contributed by atoms with Gasteiger partial charge in [0.15, 0.2) is 0 Å². The highest BCUT2D eigenvalue weighted by Gasteiger charge is 2.52. The third-order valence-electron chi connectivity index (χ3n) is 4.34. The lowest BCUT2D eigenvalue weighted by atomic mass is 9.92. The summed E-state index contributed by atoms with van der Waals surface area (Å²) in [5.74, 6) is 1.15. The van der Waals surface area contributed by atoms with E-state index in [2.05, 4.69) is 17.1 Å². The van der Waals surface area contributed by atoms with Crippen molar-refractivity contribution in [2.75, 3.05) is 33.3 Å². The lowest BCUT2D eigenvalue weighted by Gasteiger charge is -2.35. The number of hydrogen-bond acceptors (Lipinski definition) is 4. The van der Waals surface area contributed by atoms with Gasteiger partial charge < -0.3 is 15.0 Å². The molecule has 1 saturated heterocycles. The number of carbonyl (C=O) groups excluding carboxylic acids is 1. The first-order valence-corrected chi connectivity index (χ1v) is 7.21. The van der Waals surface area contributed by atoms with Gasteiger partial charge in [0.05, 0.1) is 6.61 Å². The first-order chi connectivity index (χ1) is 8.62. The van der Waals surface area contributed by atoms with E-state index in [4.69, 9.17) is 4.74 Å². The molecule has 2 rings (SSSR count). The van der Waals surface area contributed by atoms with Gasteiger partial charge in [-0.15, -0.1) is 0 Å². The van der Waals surface area contributed by atoms with E-state index in [1.54, 1.807) is 0 Å². The Bertz CT molecular complexity index is 304. The number of esters is 1. The zero-order valence-electron chi connectivity index (χ0n) is 11.9. The van der Waals surface area contributed by atoms with Crippen LogP contribution in [0.3, 0.4) is 0 Å². The highest BCUT2D eigenvalue weighted by Crippen LogP contribution is 2.41. The largest absolute Gasteiger partial charge is 0.465 e. The van der Waals surface area contributed by atoms with Gasteiger partial charge in [-0.05, 0) is 51.6 Å². The normalized spacial score (nSPS) is 28.1. The number of carbonyl (C=O) groups is 1. The van der Waals surface area contributed by atoms with Crippen LogP contribution < -0.4 is 5.32 Å². The van der Waals surface area contributed by atoms with Crippen LogP contribution in [0.2, 0.25) is 0 Å². The molecule has 1 heterocycles. The van der Waals surface area contributed by atoms with E-state index >= 15 is 0 Å². The third-order valence-corrected chi connectivity index (χ3v) is 4.34. The quantitative estimate of drug-likeness (QED) is 0.725. The molecule has 104 valence electrons. The Morgan fingerprint density at radius 3 is 2.61 bits per heavy atom. The van der Waals surface area contributed by atoms with Gasteiger partial charge in [-0.1, -0.05) is 6.92 Å². The fraction of sp³-hybridized carbons (Fsp3) is 0.929. The molecule has 1 saturated carbocycles. The summed E-state index contributed by atoms with van der Waals surface area (Å²) < 4.78 is 5.31. The van der Waals surface area contributed by atoms with Crippen LogP contribution in [0.15, 0.2) is 0 Å². The summed E-state index contributed by atoms with van der Waals surface area (Å²) in [5.41, 5.74) is -0.472. The molecular formula is C14H26N2O2. The molecule has 0 aromatic rings. The van der Waals surface area contributed by atoms with Crippen LogP contribution in [0, 0.1) is 11.8 Å². The summed E-state index contributed by atoms with van der Waals surface area (Å²) in [6, 6.07) is 0. The van der Waals surface area contributed by atoms with Crippen molar-refractivity contribution in [1.82, 2.24) is 10.2 Å². The average molecular weight is 254 g/mol. The number of ether oxygens (including phenoxy) is 1. The molecule has 1 aliphatic heterocycles. The molecule has 0 amide bonds. The molecule has 0 bridgehead atoms. The first-order valence-electron chi connectivity index (χ1n) is 7.21. The monoisotopic (exact) mass is 254 g/mol. The van der Waals surface area contributed by atoms with Gasteiger partial charge in [0.25, 0.3) is 0 Å². The van der Waals surface area contributed by atoms with E-state index in [0.717, 1.165) is 38.4 Å². The minimum absolute atomic E-state index is 0.0606. The van der Waals surface area contributed by atoms with E-state index < -0.39 is 5.54 Å². The number of rotatable bonds is 6. The van der Waals surface area contributed by atoms with Crippen LogP contribution in [0.5, 0.6) is 0 Å². The Kier molecular flexibility index (Phi) is 4.28. The van der Waals surface area contributed by atoms with Crippen LogP contribution in [-0.2, 0) is 9.53 Å². The molecule has 2 fully saturated rings. The summed E-state index contributed by atoms with van der Waals surface area (Å²) in [4.78, 5) is 14.7. The highest BCUT2D eigenvalue weighted by molar-refractivity contribution is 5.82. The molecule has 18 heavy (non-hydrogen) atoms. The molecule has 2 unspecified atom stereocenters. The van der Waals surface area contributed by atoms with Gasteiger partial charge in [0.2, 0.25) is 0 Å². The van der Waals surface area contributed by atoms with Crippen LogP contribution in [-0.4, -0.2) is 49.7 Å². The zero-order chi connectivity index (χ0) is 13.2. The van der Waals surface area contributed by atoms with Gasteiger partial charge in [0, 0.05) is 13.1 Å². The Labute approximate surface area is 110 Å². The van der Waals surface area contributed by atoms with Crippen molar-refractivity contribution in [1.29, 1.82) is 0 Å². The predicted molar refractivity (Wildman–Crippen MR) is 71.4 cm³/mol. The summed E-state index contributed by atoms with van der Waals surface area (Å²) in [6.07, 6.45) is 3.53. The second kappa shape index (κ2) is 5.57. The zero-order valence-corrected chi connectivity index (χ0v) is 11.9. The summed E-state index contributed by atoms with van der Waals surface area (Å²) in [6.45, 7) is 7.64. The molecule has 0 aromatic heterocycles. The van der Waals surface area contributed by atoms with Crippen molar-refractivity contribution in [3.63, 3.8) is 0 Å². The smallest absolute Gasteiger partial charge is 0.327 e. The minimum Gasteiger partial charge on any atom is -0.465 e. The van der Waals surface area contributed by atoms with Crippen molar-refractivity contribution in [2.45, 2.75) is 38.6 Å². The number of nitrogens with one attached hydrogen (secondary N) is 1. The predicted octanol–water partition coefficient (Wildman–Crippen LogP) is 1.26. The maximum atomic E-state index is 12.3. The van der Waals surface area contributed by atoms with Crippen LogP contribution in [0.4, 0.5) is 0 Å². The van der Waals surface area contributed by atoms with E-state index in [1.165, 1.54) is 6.42 Å². The average Bonchev–Trinajstić information content (AvgIpc) is 3.11. The SMILES string of the molecule is CCOC(=O)C(CN1CCC(C)C1)(NC)C1CC1. The number of likely N-dealkylation sites (tertiary alicyclic amines) is 1. The van der Waals surface area contributed by atoms with Crippen molar-refractivity contribution in [3.8, 4) is 0 Å². The molecule has 2 aliphatic rings. The number of likely N-dealkylation sites (N-methyl/N-ethyl adjacent to an activating group) is 1. The number of hydrogen-bond donors (Lipinski definition) is 1. The second-order valence-corrected chi connectivity index (χ2v) is 5.85. The van der Waals surface area contributed by atoms with Gasteiger partial charge >= 0.3 is 5.97 Å². The molecule has 0 aromatic carbocycles. The Balaban J connectivity index is 2.06. The molecule has 1 aliphatic carbocycles. The molecule has 0 radical (unpaired) electrons. The maximum absolute atomic E-state index is 12.3. The Morgan fingerprint density at radius 2 is 2.17 bits per heavy atom.